The highest BCUT2D eigenvalue weighted by Gasteiger charge is 2.02. The van der Waals surface area contributed by atoms with E-state index in [0.29, 0.717) is 10.7 Å². The number of hydrogen-bond acceptors (Lipinski definition) is 2. The van der Waals surface area contributed by atoms with Crippen molar-refractivity contribution in [1.82, 2.24) is 0 Å². The fourth-order valence-corrected chi connectivity index (χ4v) is 1.75. The Labute approximate surface area is 104 Å². The van der Waals surface area contributed by atoms with E-state index < -0.39 is 5.82 Å². The van der Waals surface area contributed by atoms with Crippen LogP contribution in [-0.4, -0.2) is 0 Å². The number of aryl methyl sites for hydroxylation is 1. The topological polar surface area (TPSA) is 38.0 Å². The lowest BCUT2D eigenvalue weighted by molar-refractivity contribution is 0.633. The Bertz CT molecular complexity index is 555. The third kappa shape index (κ3) is 2.68. The summed E-state index contributed by atoms with van der Waals surface area (Å²) in [6.45, 7) is 1.93. The Morgan fingerprint density at radius 2 is 1.94 bits per heavy atom. The van der Waals surface area contributed by atoms with Crippen LogP contribution in [0, 0.1) is 12.7 Å². The summed E-state index contributed by atoms with van der Waals surface area (Å²) < 4.78 is 13.3. The van der Waals surface area contributed by atoms with Gasteiger partial charge in [0.2, 0.25) is 0 Å². The van der Waals surface area contributed by atoms with E-state index in [2.05, 4.69) is 5.32 Å². The van der Waals surface area contributed by atoms with Crippen LogP contribution in [0.25, 0.3) is 0 Å². The summed E-state index contributed by atoms with van der Waals surface area (Å²) in [5.41, 5.74) is 8.09. The molecular weight excluding hydrogens is 239 g/mol. The maximum atomic E-state index is 13.3. The van der Waals surface area contributed by atoms with Crippen LogP contribution < -0.4 is 11.1 Å². The number of halogens is 2. The number of nitrogens with one attached hydrogen (secondary N) is 1. The third-order valence-corrected chi connectivity index (χ3v) is 2.70. The SMILES string of the molecule is Cc1cc(Cl)ccc1Nc1ccc(N)c(F)c1. The standard InChI is InChI=1S/C13H12ClFN2/c1-8-6-9(14)2-5-13(8)17-10-3-4-12(16)11(15)7-10/h2-7,17H,16H2,1H3. The molecule has 88 valence electrons. The Balaban J connectivity index is 2.28. The molecular formula is C13H12ClFN2. The molecule has 0 heterocycles. The summed E-state index contributed by atoms with van der Waals surface area (Å²) >= 11 is 5.86. The van der Waals surface area contributed by atoms with E-state index in [4.69, 9.17) is 17.3 Å². The Morgan fingerprint density at radius 1 is 1.18 bits per heavy atom. The molecule has 0 aliphatic heterocycles. The maximum absolute atomic E-state index is 13.3. The van der Waals surface area contributed by atoms with E-state index in [9.17, 15) is 4.39 Å². The molecule has 2 aromatic carbocycles. The quantitative estimate of drug-likeness (QED) is 0.787. The van der Waals surface area contributed by atoms with Gasteiger partial charge in [0.1, 0.15) is 5.82 Å². The van der Waals surface area contributed by atoms with E-state index in [-0.39, 0.29) is 5.69 Å². The minimum absolute atomic E-state index is 0.142. The zero-order valence-electron chi connectivity index (χ0n) is 9.30. The van der Waals surface area contributed by atoms with Crippen molar-refractivity contribution in [1.29, 1.82) is 0 Å². The molecule has 0 fully saturated rings. The van der Waals surface area contributed by atoms with Crippen LogP contribution in [0.15, 0.2) is 36.4 Å². The molecule has 0 amide bonds. The third-order valence-electron chi connectivity index (χ3n) is 2.47. The average molecular weight is 251 g/mol. The van der Waals surface area contributed by atoms with Crippen molar-refractivity contribution in [2.75, 3.05) is 11.1 Å². The predicted octanol–water partition coefficient (Wildman–Crippen LogP) is 4.11. The predicted molar refractivity (Wildman–Crippen MR) is 70.3 cm³/mol. The zero-order chi connectivity index (χ0) is 12.4. The molecule has 2 nitrogen and oxygen atoms in total. The molecule has 4 heteroatoms. The Morgan fingerprint density at radius 3 is 2.59 bits per heavy atom. The number of anilines is 3. The lowest BCUT2D eigenvalue weighted by Gasteiger charge is -2.10. The van der Waals surface area contributed by atoms with Gasteiger partial charge in [-0.25, -0.2) is 4.39 Å². The molecule has 3 N–H and O–H groups in total. The van der Waals surface area contributed by atoms with Gasteiger partial charge in [0.25, 0.3) is 0 Å². The van der Waals surface area contributed by atoms with Crippen molar-refractivity contribution < 1.29 is 4.39 Å². The smallest absolute Gasteiger partial charge is 0.148 e. The molecule has 17 heavy (non-hydrogen) atoms. The fourth-order valence-electron chi connectivity index (χ4n) is 1.53. The second kappa shape index (κ2) is 4.63. The molecule has 0 spiro atoms. The summed E-state index contributed by atoms with van der Waals surface area (Å²) in [5, 5.41) is 3.79. The van der Waals surface area contributed by atoms with Crippen LogP contribution >= 0.6 is 11.6 Å². The summed E-state index contributed by atoms with van der Waals surface area (Å²) in [6, 6.07) is 10.1. The van der Waals surface area contributed by atoms with Gasteiger partial charge in [-0.05, 0) is 48.9 Å². The zero-order valence-corrected chi connectivity index (χ0v) is 10.1. The Hall–Kier alpha value is -1.74. The molecule has 0 saturated carbocycles. The van der Waals surface area contributed by atoms with Crippen LogP contribution in [-0.2, 0) is 0 Å². The normalized spacial score (nSPS) is 10.3. The highest BCUT2D eigenvalue weighted by Crippen LogP contribution is 2.25. The monoisotopic (exact) mass is 250 g/mol. The van der Waals surface area contributed by atoms with Gasteiger partial charge in [-0.2, -0.15) is 0 Å². The second-order valence-electron chi connectivity index (χ2n) is 3.82. The molecule has 0 unspecified atom stereocenters. The molecule has 0 saturated heterocycles. The summed E-state index contributed by atoms with van der Waals surface area (Å²) in [5.74, 6) is -0.429. The number of nitrogen functional groups attached to an aromatic ring is 1. The van der Waals surface area contributed by atoms with Crippen LogP contribution in [0.2, 0.25) is 5.02 Å². The van der Waals surface area contributed by atoms with E-state index in [1.807, 2.05) is 19.1 Å². The van der Waals surface area contributed by atoms with Crippen LogP contribution in [0.3, 0.4) is 0 Å². The molecule has 0 bridgehead atoms. The first-order valence-corrected chi connectivity index (χ1v) is 5.52. The van der Waals surface area contributed by atoms with Gasteiger partial charge in [0.15, 0.2) is 0 Å². The van der Waals surface area contributed by atoms with E-state index in [1.54, 1.807) is 12.1 Å². The first-order valence-electron chi connectivity index (χ1n) is 5.14. The van der Waals surface area contributed by atoms with Crippen molar-refractivity contribution in [3.05, 3.63) is 52.8 Å². The van der Waals surface area contributed by atoms with Crippen LogP contribution in [0.5, 0.6) is 0 Å². The first-order chi connectivity index (χ1) is 8.06. The molecule has 0 aliphatic carbocycles. The number of rotatable bonds is 2. The number of nitrogens with two attached hydrogens (primary N) is 1. The highest BCUT2D eigenvalue weighted by atomic mass is 35.5. The minimum Gasteiger partial charge on any atom is -0.396 e. The van der Waals surface area contributed by atoms with Gasteiger partial charge in [0, 0.05) is 16.4 Å². The summed E-state index contributed by atoms with van der Waals surface area (Å²) in [6.07, 6.45) is 0. The second-order valence-corrected chi connectivity index (χ2v) is 4.26. The molecule has 0 aromatic heterocycles. The van der Waals surface area contributed by atoms with Crippen LogP contribution in [0.4, 0.5) is 21.5 Å². The van der Waals surface area contributed by atoms with Crippen molar-refractivity contribution in [2.24, 2.45) is 0 Å². The maximum Gasteiger partial charge on any atom is 0.148 e. The Kier molecular flexibility index (Phi) is 3.20. The van der Waals surface area contributed by atoms with E-state index in [0.717, 1.165) is 11.3 Å². The van der Waals surface area contributed by atoms with Gasteiger partial charge in [0.05, 0.1) is 5.69 Å². The molecule has 0 atom stereocenters. The van der Waals surface area contributed by atoms with Crippen LogP contribution in [0.1, 0.15) is 5.56 Å². The fraction of sp³-hybridized carbons (Fsp3) is 0.0769. The van der Waals surface area contributed by atoms with Crippen molar-refractivity contribution in [3.63, 3.8) is 0 Å². The lowest BCUT2D eigenvalue weighted by atomic mass is 10.2. The average Bonchev–Trinajstić information content (AvgIpc) is 2.27. The summed E-state index contributed by atoms with van der Waals surface area (Å²) in [4.78, 5) is 0. The number of hydrogen-bond donors (Lipinski definition) is 2. The van der Waals surface area contributed by atoms with Gasteiger partial charge in [-0.1, -0.05) is 11.6 Å². The van der Waals surface area contributed by atoms with Gasteiger partial charge < -0.3 is 11.1 Å². The highest BCUT2D eigenvalue weighted by molar-refractivity contribution is 6.30. The van der Waals surface area contributed by atoms with Crippen molar-refractivity contribution >= 4 is 28.7 Å². The largest absolute Gasteiger partial charge is 0.396 e. The molecule has 0 radical (unpaired) electrons. The van der Waals surface area contributed by atoms with Crippen molar-refractivity contribution in [3.8, 4) is 0 Å². The molecule has 2 rings (SSSR count). The van der Waals surface area contributed by atoms with Gasteiger partial charge >= 0.3 is 0 Å². The van der Waals surface area contributed by atoms with E-state index in [1.165, 1.54) is 12.1 Å². The van der Waals surface area contributed by atoms with Gasteiger partial charge in [-0.3, -0.25) is 0 Å². The molecule has 2 aromatic rings. The molecule has 0 aliphatic rings. The van der Waals surface area contributed by atoms with Gasteiger partial charge in [-0.15, -0.1) is 0 Å². The van der Waals surface area contributed by atoms with Crippen molar-refractivity contribution in [2.45, 2.75) is 6.92 Å². The lowest BCUT2D eigenvalue weighted by Crippen LogP contribution is -1.96. The first kappa shape index (κ1) is 11.7. The van der Waals surface area contributed by atoms with E-state index >= 15 is 0 Å². The number of benzene rings is 2. The minimum atomic E-state index is -0.429. The summed E-state index contributed by atoms with van der Waals surface area (Å²) in [7, 11) is 0.